The molecule has 1 aromatic carbocycles. The van der Waals surface area contributed by atoms with Crippen LogP contribution in [0, 0.1) is 0 Å². The molecule has 0 spiro atoms. The molecule has 2 aromatic rings. The van der Waals surface area contributed by atoms with Gasteiger partial charge in [-0.25, -0.2) is 4.79 Å². The van der Waals surface area contributed by atoms with E-state index in [1.165, 1.54) is 6.26 Å². The Labute approximate surface area is 164 Å². The number of nitrogens with one attached hydrogen (secondary N) is 2. The Balaban J connectivity index is 1.71. The third kappa shape index (κ3) is 3.65. The lowest BCUT2D eigenvalue weighted by molar-refractivity contribution is -0.135. The van der Waals surface area contributed by atoms with Crippen LogP contribution in [0.4, 0.5) is 4.79 Å². The average molecular weight is 383 g/mol. The van der Waals surface area contributed by atoms with Gasteiger partial charge in [0.1, 0.15) is 17.8 Å². The Morgan fingerprint density at radius 3 is 2.43 bits per heavy atom. The van der Waals surface area contributed by atoms with Crippen LogP contribution in [0.3, 0.4) is 0 Å². The van der Waals surface area contributed by atoms with Crippen LogP contribution in [0.1, 0.15) is 56.5 Å². The minimum absolute atomic E-state index is 0.352. The van der Waals surface area contributed by atoms with E-state index in [0.717, 1.165) is 10.5 Å². The zero-order chi connectivity index (χ0) is 20.5. The number of carbonyl (C=O) groups is 3. The minimum atomic E-state index is -1.19. The van der Waals surface area contributed by atoms with E-state index in [4.69, 9.17) is 4.42 Å². The van der Waals surface area contributed by atoms with Gasteiger partial charge in [-0.2, -0.15) is 0 Å². The summed E-state index contributed by atoms with van der Waals surface area (Å²) in [5.74, 6) is 0.0788. The van der Waals surface area contributed by atoms with Gasteiger partial charge in [0.15, 0.2) is 0 Å². The van der Waals surface area contributed by atoms with Crippen molar-refractivity contribution < 1.29 is 18.8 Å². The number of rotatable bonds is 6. The third-order valence-electron chi connectivity index (χ3n) is 5.08. The molecule has 4 amide bonds. The molecule has 3 rings (SSSR count). The number of amides is 4. The summed E-state index contributed by atoms with van der Waals surface area (Å²) in [7, 11) is 0. The van der Waals surface area contributed by atoms with Gasteiger partial charge in [-0.3, -0.25) is 14.5 Å². The maximum Gasteiger partial charge on any atom is 0.325 e. The van der Waals surface area contributed by atoms with Crippen LogP contribution >= 0.6 is 0 Å². The van der Waals surface area contributed by atoms with E-state index in [9.17, 15) is 14.4 Å². The van der Waals surface area contributed by atoms with Gasteiger partial charge in [-0.05, 0) is 43.0 Å². The first-order chi connectivity index (χ1) is 13.2. The number of carbonyl (C=O) groups excluding carboxylic acids is 3. The fraction of sp³-hybridized carbons (Fsp3) is 0.381. The number of hydrogen-bond acceptors (Lipinski definition) is 4. The van der Waals surface area contributed by atoms with Gasteiger partial charge in [-0.1, -0.05) is 38.1 Å². The highest BCUT2D eigenvalue weighted by molar-refractivity contribution is 6.09. The van der Waals surface area contributed by atoms with E-state index in [2.05, 4.69) is 24.5 Å². The van der Waals surface area contributed by atoms with Gasteiger partial charge < -0.3 is 15.1 Å². The smallest absolute Gasteiger partial charge is 0.325 e. The van der Waals surface area contributed by atoms with Gasteiger partial charge >= 0.3 is 6.03 Å². The first kappa shape index (κ1) is 19.7. The standard InChI is InChI=1S/C21H25N3O4/c1-13(2)15-7-9-16(10-8-15)21(4)19(26)24(20(27)23-21)12-18(25)22-14(3)17-6-5-11-28-17/h5-11,13-14H,12H2,1-4H3,(H,22,25)(H,23,27). The summed E-state index contributed by atoms with van der Waals surface area (Å²) in [6.45, 7) is 7.24. The normalized spacial score (nSPS) is 20.4. The van der Waals surface area contributed by atoms with E-state index in [1.807, 2.05) is 24.3 Å². The number of furan rings is 1. The van der Waals surface area contributed by atoms with Gasteiger partial charge in [0.2, 0.25) is 5.91 Å². The van der Waals surface area contributed by atoms with Crippen LogP contribution in [0.15, 0.2) is 47.1 Å². The molecule has 2 unspecified atom stereocenters. The molecule has 2 N–H and O–H groups in total. The second kappa shape index (κ2) is 7.50. The van der Waals surface area contributed by atoms with Gasteiger partial charge in [0, 0.05) is 0 Å². The first-order valence-electron chi connectivity index (χ1n) is 9.29. The second-order valence-electron chi connectivity index (χ2n) is 7.53. The molecule has 148 valence electrons. The molecule has 0 aliphatic carbocycles. The average Bonchev–Trinajstić information content (AvgIpc) is 3.26. The Bertz CT molecular complexity index is 874. The zero-order valence-corrected chi connectivity index (χ0v) is 16.5. The van der Waals surface area contributed by atoms with E-state index in [-0.39, 0.29) is 12.6 Å². The molecule has 28 heavy (non-hydrogen) atoms. The molecule has 7 heteroatoms. The topological polar surface area (TPSA) is 91.7 Å². The van der Waals surface area contributed by atoms with E-state index < -0.39 is 23.4 Å². The summed E-state index contributed by atoms with van der Waals surface area (Å²) in [5.41, 5.74) is 0.633. The fourth-order valence-corrected chi connectivity index (χ4v) is 3.28. The van der Waals surface area contributed by atoms with Crippen LogP contribution in [-0.2, 0) is 15.1 Å². The van der Waals surface area contributed by atoms with Crippen molar-refractivity contribution in [3.8, 4) is 0 Å². The van der Waals surface area contributed by atoms with Crippen molar-refractivity contribution in [3.63, 3.8) is 0 Å². The van der Waals surface area contributed by atoms with Crippen molar-refractivity contribution in [2.75, 3.05) is 6.54 Å². The van der Waals surface area contributed by atoms with Crippen LogP contribution in [0.2, 0.25) is 0 Å². The van der Waals surface area contributed by atoms with Crippen LogP contribution in [0.5, 0.6) is 0 Å². The highest BCUT2D eigenvalue weighted by atomic mass is 16.3. The van der Waals surface area contributed by atoms with Crippen molar-refractivity contribution in [2.45, 2.75) is 45.2 Å². The molecule has 7 nitrogen and oxygen atoms in total. The molecule has 1 aromatic heterocycles. The van der Waals surface area contributed by atoms with E-state index >= 15 is 0 Å². The van der Waals surface area contributed by atoms with Crippen molar-refractivity contribution in [1.82, 2.24) is 15.5 Å². The lowest BCUT2D eigenvalue weighted by Crippen LogP contribution is -2.43. The summed E-state index contributed by atoms with van der Waals surface area (Å²) >= 11 is 0. The largest absolute Gasteiger partial charge is 0.467 e. The SMILES string of the molecule is CC(C)c1ccc(C2(C)NC(=O)N(CC(=O)NC(C)c3ccco3)C2=O)cc1. The Kier molecular flexibility index (Phi) is 5.27. The molecule has 0 bridgehead atoms. The maximum absolute atomic E-state index is 13.0. The van der Waals surface area contributed by atoms with Gasteiger partial charge in [-0.15, -0.1) is 0 Å². The number of urea groups is 1. The van der Waals surface area contributed by atoms with Gasteiger partial charge in [0.25, 0.3) is 5.91 Å². The first-order valence-corrected chi connectivity index (χ1v) is 9.29. The molecule has 1 aliphatic rings. The quantitative estimate of drug-likeness (QED) is 0.750. The molecular weight excluding hydrogens is 358 g/mol. The van der Waals surface area contributed by atoms with Crippen LogP contribution < -0.4 is 10.6 Å². The number of benzene rings is 1. The number of nitrogens with zero attached hydrogens (tertiary/aromatic N) is 1. The van der Waals surface area contributed by atoms with Crippen molar-refractivity contribution in [3.05, 3.63) is 59.5 Å². The van der Waals surface area contributed by atoms with Crippen LogP contribution in [0.25, 0.3) is 0 Å². The molecule has 1 aliphatic heterocycles. The van der Waals surface area contributed by atoms with E-state index in [1.54, 1.807) is 26.0 Å². The summed E-state index contributed by atoms with van der Waals surface area (Å²) < 4.78 is 5.25. The Morgan fingerprint density at radius 1 is 1.18 bits per heavy atom. The molecular formula is C21H25N3O4. The summed E-state index contributed by atoms with van der Waals surface area (Å²) in [6, 6.07) is 10.1. The zero-order valence-electron chi connectivity index (χ0n) is 16.5. The fourth-order valence-electron chi connectivity index (χ4n) is 3.28. The summed E-state index contributed by atoms with van der Waals surface area (Å²) in [4.78, 5) is 38.6. The van der Waals surface area contributed by atoms with Gasteiger partial charge in [0.05, 0.1) is 12.3 Å². The third-order valence-corrected chi connectivity index (χ3v) is 5.08. The lowest BCUT2D eigenvalue weighted by Gasteiger charge is -2.23. The van der Waals surface area contributed by atoms with Crippen LogP contribution in [-0.4, -0.2) is 29.3 Å². The molecule has 0 radical (unpaired) electrons. The van der Waals surface area contributed by atoms with E-state index in [0.29, 0.717) is 17.2 Å². The van der Waals surface area contributed by atoms with Crippen molar-refractivity contribution >= 4 is 17.8 Å². The number of hydrogen-bond donors (Lipinski definition) is 2. The number of imide groups is 1. The molecule has 0 saturated carbocycles. The predicted molar refractivity (Wildman–Crippen MR) is 103 cm³/mol. The molecule has 2 heterocycles. The monoisotopic (exact) mass is 383 g/mol. The van der Waals surface area contributed by atoms with Crippen molar-refractivity contribution in [1.29, 1.82) is 0 Å². The highest BCUT2D eigenvalue weighted by Crippen LogP contribution is 2.30. The minimum Gasteiger partial charge on any atom is -0.467 e. The maximum atomic E-state index is 13.0. The summed E-state index contributed by atoms with van der Waals surface area (Å²) in [5, 5.41) is 5.45. The summed E-state index contributed by atoms with van der Waals surface area (Å²) in [6.07, 6.45) is 1.52. The predicted octanol–water partition coefficient (Wildman–Crippen LogP) is 3.05. The highest BCUT2D eigenvalue weighted by Gasteiger charge is 2.49. The molecule has 1 saturated heterocycles. The Morgan fingerprint density at radius 2 is 1.86 bits per heavy atom. The lowest BCUT2D eigenvalue weighted by atomic mass is 9.90. The Hall–Kier alpha value is -3.09. The second-order valence-corrected chi connectivity index (χ2v) is 7.53. The van der Waals surface area contributed by atoms with Crippen molar-refractivity contribution in [2.24, 2.45) is 0 Å². The molecule has 1 fully saturated rings. The molecule has 2 atom stereocenters.